The van der Waals surface area contributed by atoms with Crippen molar-refractivity contribution in [2.24, 2.45) is 0 Å². The van der Waals surface area contributed by atoms with Crippen LogP contribution in [0.25, 0.3) is 11.3 Å². The molecule has 0 spiro atoms. The van der Waals surface area contributed by atoms with Gasteiger partial charge >= 0.3 is 0 Å². The van der Waals surface area contributed by atoms with Crippen molar-refractivity contribution in [1.82, 2.24) is 9.88 Å². The molecule has 7 nitrogen and oxygen atoms in total. The van der Waals surface area contributed by atoms with Gasteiger partial charge in [-0.3, -0.25) is 19.9 Å². The van der Waals surface area contributed by atoms with E-state index in [0.29, 0.717) is 18.2 Å². The Hall–Kier alpha value is -3.58. The summed E-state index contributed by atoms with van der Waals surface area (Å²) in [7, 11) is 0. The highest BCUT2D eigenvalue weighted by Gasteiger charge is 2.20. The molecule has 0 bridgehead atoms. The second kappa shape index (κ2) is 10.8. The van der Waals surface area contributed by atoms with Crippen LogP contribution in [0.4, 0.5) is 11.4 Å². The van der Waals surface area contributed by atoms with Crippen molar-refractivity contribution in [3.8, 4) is 11.3 Å². The second-order valence-electron chi connectivity index (χ2n) is 8.38. The maximum Gasteiger partial charge on any atom is 0.269 e. The summed E-state index contributed by atoms with van der Waals surface area (Å²) in [6.07, 6.45) is 5.78. The van der Waals surface area contributed by atoms with E-state index < -0.39 is 4.92 Å². The summed E-state index contributed by atoms with van der Waals surface area (Å²) in [5.41, 5.74) is 3.74. The summed E-state index contributed by atoms with van der Waals surface area (Å²) in [5, 5.41) is 10.8. The molecular formula is C26H28N4O3. The molecule has 170 valence electrons. The molecule has 0 unspecified atom stereocenters. The second-order valence-corrected chi connectivity index (χ2v) is 8.38. The molecule has 0 N–H and O–H groups in total. The summed E-state index contributed by atoms with van der Waals surface area (Å²) in [6.45, 7) is 3.79. The van der Waals surface area contributed by atoms with Gasteiger partial charge in [-0.1, -0.05) is 30.3 Å². The average molecular weight is 445 g/mol. The number of carbonyl (C=O) groups is 1. The number of amides is 1. The zero-order chi connectivity index (χ0) is 23.0. The number of piperidine rings is 1. The number of pyridine rings is 1. The number of nitro benzene ring substituents is 1. The molecule has 3 aromatic rings. The molecule has 1 aromatic heterocycles. The number of benzene rings is 2. The largest absolute Gasteiger partial charge is 0.313 e. The lowest BCUT2D eigenvalue weighted by molar-refractivity contribution is -0.384. The molecule has 2 aromatic carbocycles. The van der Waals surface area contributed by atoms with E-state index in [1.165, 1.54) is 30.5 Å². The molecule has 33 heavy (non-hydrogen) atoms. The smallest absolute Gasteiger partial charge is 0.269 e. The van der Waals surface area contributed by atoms with E-state index in [4.69, 9.17) is 0 Å². The molecule has 1 aliphatic rings. The number of hydrogen-bond donors (Lipinski definition) is 0. The molecule has 0 atom stereocenters. The normalized spacial score (nSPS) is 14.7. The maximum atomic E-state index is 11.7. The molecular weight excluding hydrogens is 416 g/mol. The van der Waals surface area contributed by atoms with Gasteiger partial charge in [-0.25, -0.2) is 0 Å². The van der Waals surface area contributed by atoms with Gasteiger partial charge in [-0.15, -0.1) is 0 Å². The number of nitro groups is 1. The minimum Gasteiger partial charge on any atom is -0.313 e. The summed E-state index contributed by atoms with van der Waals surface area (Å²) in [5.74, 6) is 0.647. The number of likely N-dealkylation sites (tertiary alicyclic amines) is 1. The predicted octanol–water partition coefficient (Wildman–Crippen LogP) is 4.89. The average Bonchev–Trinajstić information content (AvgIpc) is 2.88. The quantitative estimate of drug-likeness (QED) is 0.267. The van der Waals surface area contributed by atoms with Gasteiger partial charge in [-0.05, 0) is 74.6 Å². The molecule has 0 aliphatic carbocycles. The zero-order valence-electron chi connectivity index (χ0n) is 18.5. The third kappa shape index (κ3) is 5.81. The van der Waals surface area contributed by atoms with Crippen LogP contribution in [0.1, 0.15) is 30.7 Å². The van der Waals surface area contributed by atoms with Gasteiger partial charge in [-0.2, -0.15) is 0 Å². The number of non-ortho nitro benzene ring substituents is 1. The SMILES string of the molecule is O=CN(CCCN1CCC(c2ccccc2)CC1)c1ccc(-c2ccc([N+](=O)[O-])cc2)nc1. The van der Waals surface area contributed by atoms with Gasteiger partial charge in [0.05, 0.1) is 22.5 Å². The number of nitrogens with zero attached hydrogens (tertiary/aromatic N) is 4. The fourth-order valence-electron chi connectivity index (χ4n) is 4.40. The van der Waals surface area contributed by atoms with Crippen LogP contribution in [-0.4, -0.2) is 47.4 Å². The van der Waals surface area contributed by atoms with E-state index in [9.17, 15) is 14.9 Å². The van der Waals surface area contributed by atoms with E-state index in [0.717, 1.165) is 43.7 Å². The molecule has 1 fully saturated rings. The van der Waals surface area contributed by atoms with Crippen molar-refractivity contribution >= 4 is 17.8 Å². The lowest BCUT2D eigenvalue weighted by Crippen LogP contribution is -2.35. The van der Waals surface area contributed by atoms with Crippen molar-refractivity contribution in [1.29, 1.82) is 0 Å². The van der Waals surface area contributed by atoms with E-state index in [2.05, 4.69) is 40.2 Å². The van der Waals surface area contributed by atoms with Crippen molar-refractivity contribution in [2.45, 2.75) is 25.2 Å². The summed E-state index contributed by atoms with van der Waals surface area (Å²) in [6, 6.07) is 20.7. The Bertz CT molecular complexity index is 1050. The van der Waals surface area contributed by atoms with E-state index in [-0.39, 0.29) is 5.69 Å². The molecule has 0 radical (unpaired) electrons. The van der Waals surface area contributed by atoms with Gasteiger partial charge in [0, 0.05) is 24.2 Å². The number of aromatic nitrogens is 1. The highest BCUT2D eigenvalue weighted by atomic mass is 16.6. The molecule has 2 heterocycles. The maximum absolute atomic E-state index is 11.7. The van der Waals surface area contributed by atoms with Gasteiger partial charge in [0.15, 0.2) is 0 Å². The van der Waals surface area contributed by atoms with Gasteiger partial charge in [0.25, 0.3) is 5.69 Å². The Labute approximate surface area is 193 Å². The Morgan fingerprint density at radius 2 is 1.76 bits per heavy atom. The first kappa shape index (κ1) is 22.6. The van der Waals surface area contributed by atoms with Gasteiger partial charge in [0.2, 0.25) is 6.41 Å². The summed E-state index contributed by atoms with van der Waals surface area (Å²) in [4.78, 5) is 30.7. The van der Waals surface area contributed by atoms with Crippen LogP contribution in [0.5, 0.6) is 0 Å². The predicted molar refractivity (Wildman–Crippen MR) is 129 cm³/mol. The molecule has 1 saturated heterocycles. The molecule has 0 saturated carbocycles. The number of hydrogen-bond acceptors (Lipinski definition) is 5. The Morgan fingerprint density at radius 3 is 2.36 bits per heavy atom. The molecule has 1 amide bonds. The summed E-state index contributed by atoms with van der Waals surface area (Å²) >= 11 is 0. The van der Waals surface area contributed by atoms with Crippen LogP contribution < -0.4 is 4.90 Å². The van der Waals surface area contributed by atoms with Crippen LogP contribution in [0.15, 0.2) is 72.9 Å². The highest BCUT2D eigenvalue weighted by molar-refractivity contribution is 5.75. The Morgan fingerprint density at radius 1 is 1.03 bits per heavy atom. The van der Waals surface area contributed by atoms with Crippen molar-refractivity contribution < 1.29 is 9.72 Å². The summed E-state index contributed by atoms with van der Waals surface area (Å²) < 4.78 is 0. The van der Waals surface area contributed by atoms with Crippen molar-refractivity contribution in [3.63, 3.8) is 0 Å². The Balaban J connectivity index is 1.26. The minimum absolute atomic E-state index is 0.0480. The number of carbonyl (C=O) groups excluding carboxylic acids is 1. The van der Waals surface area contributed by atoms with Gasteiger partial charge in [0.1, 0.15) is 0 Å². The lowest BCUT2D eigenvalue weighted by Gasteiger charge is -2.32. The Kier molecular flexibility index (Phi) is 7.42. The van der Waals surface area contributed by atoms with Crippen LogP contribution in [0, 0.1) is 10.1 Å². The fourth-order valence-corrected chi connectivity index (χ4v) is 4.40. The lowest BCUT2D eigenvalue weighted by atomic mass is 9.89. The third-order valence-electron chi connectivity index (χ3n) is 6.31. The zero-order valence-corrected chi connectivity index (χ0v) is 18.5. The van der Waals surface area contributed by atoms with Crippen LogP contribution >= 0.6 is 0 Å². The molecule has 7 heteroatoms. The monoisotopic (exact) mass is 444 g/mol. The first-order valence-corrected chi connectivity index (χ1v) is 11.3. The molecule has 4 rings (SSSR count). The number of rotatable bonds is 9. The molecule has 1 aliphatic heterocycles. The van der Waals surface area contributed by atoms with Crippen LogP contribution in [-0.2, 0) is 4.79 Å². The van der Waals surface area contributed by atoms with Crippen LogP contribution in [0.2, 0.25) is 0 Å². The minimum atomic E-state index is -0.423. The fraction of sp³-hybridized carbons (Fsp3) is 0.308. The highest BCUT2D eigenvalue weighted by Crippen LogP contribution is 2.28. The first-order valence-electron chi connectivity index (χ1n) is 11.3. The van der Waals surface area contributed by atoms with Crippen LogP contribution in [0.3, 0.4) is 0 Å². The number of anilines is 1. The van der Waals surface area contributed by atoms with E-state index >= 15 is 0 Å². The van der Waals surface area contributed by atoms with Gasteiger partial charge < -0.3 is 9.80 Å². The topological polar surface area (TPSA) is 79.6 Å². The standard InChI is InChI=1S/C26H28N4O3/c31-20-29(16-4-15-28-17-13-22(14-18-28)21-5-2-1-3-6-21)25-11-12-26(27-19-25)23-7-9-24(10-8-23)30(32)33/h1-3,5-12,19-20,22H,4,13-18H2. The third-order valence-corrected chi connectivity index (χ3v) is 6.31. The van der Waals surface area contributed by atoms with E-state index in [1.807, 2.05) is 12.1 Å². The first-order chi connectivity index (χ1) is 16.1. The van der Waals surface area contributed by atoms with Crippen molar-refractivity contribution in [3.05, 3.63) is 88.6 Å². The van der Waals surface area contributed by atoms with Crippen molar-refractivity contribution in [2.75, 3.05) is 31.1 Å². The van der Waals surface area contributed by atoms with E-state index in [1.54, 1.807) is 23.2 Å².